The van der Waals surface area contributed by atoms with Crippen molar-refractivity contribution in [2.75, 3.05) is 6.61 Å². The van der Waals surface area contributed by atoms with Crippen LogP contribution in [0.2, 0.25) is 0 Å². The second-order valence-electron chi connectivity index (χ2n) is 3.92. The summed E-state index contributed by atoms with van der Waals surface area (Å²) in [5, 5.41) is 3.89. The van der Waals surface area contributed by atoms with Crippen LogP contribution in [-0.2, 0) is 0 Å². The zero-order valence-electron chi connectivity index (χ0n) is 11.1. The lowest BCUT2D eigenvalue weighted by molar-refractivity contribution is 0.0927. The molecule has 1 N–H and O–H groups in total. The fourth-order valence-electron chi connectivity index (χ4n) is 1.56. The van der Waals surface area contributed by atoms with Crippen molar-refractivity contribution in [2.45, 2.75) is 6.92 Å². The number of nitrogens with one attached hydrogen (secondary N) is 1. The van der Waals surface area contributed by atoms with Crippen molar-refractivity contribution in [3.8, 4) is 5.75 Å². The number of carbonyl (C=O) groups excluding carboxylic acids is 1. The zero-order valence-corrected chi connectivity index (χ0v) is 14.3. The van der Waals surface area contributed by atoms with Crippen molar-refractivity contribution in [3.63, 3.8) is 0 Å². The van der Waals surface area contributed by atoms with E-state index in [-0.39, 0.29) is 5.76 Å². The van der Waals surface area contributed by atoms with Crippen LogP contribution in [0.3, 0.4) is 0 Å². The first-order valence-corrected chi connectivity index (χ1v) is 7.69. The van der Waals surface area contributed by atoms with E-state index in [1.165, 1.54) is 12.5 Å². The van der Waals surface area contributed by atoms with Crippen LogP contribution < -0.4 is 10.2 Å². The van der Waals surface area contributed by atoms with Crippen LogP contribution in [0.4, 0.5) is 0 Å². The number of hydrogen-bond donors (Lipinski definition) is 1. The van der Waals surface area contributed by atoms with E-state index in [2.05, 4.69) is 42.4 Å². The summed E-state index contributed by atoms with van der Waals surface area (Å²) in [4.78, 5) is 11.6. The topological polar surface area (TPSA) is 63.8 Å². The summed E-state index contributed by atoms with van der Waals surface area (Å²) in [6.45, 7) is 2.49. The van der Waals surface area contributed by atoms with Crippen molar-refractivity contribution in [1.29, 1.82) is 0 Å². The number of amides is 1. The van der Waals surface area contributed by atoms with Crippen LogP contribution in [0, 0.1) is 0 Å². The molecule has 0 aliphatic carbocycles. The Morgan fingerprint density at radius 2 is 2.14 bits per heavy atom. The molecule has 0 saturated heterocycles. The standard InChI is InChI=1S/C14H12Br2N2O3/c1-2-20-13-10(15)6-9(7-11(13)16)8-17-18-14(19)12-4-3-5-21-12/h3-8H,2H2,1H3,(H,18,19)/b17-8+. The lowest BCUT2D eigenvalue weighted by atomic mass is 10.2. The van der Waals surface area contributed by atoms with Gasteiger partial charge in [0.2, 0.25) is 0 Å². The van der Waals surface area contributed by atoms with Crippen molar-refractivity contribution in [3.05, 3.63) is 50.8 Å². The first-order valence-electron chi connectivity index (χ1n) is 6.10. The van der Waals surface area contributed by atoms with Gasteiger partial charge in [0.15, 0.2) is 5.76 Å². The third-order valence-electron chi connectivity index (χ3n) is 2.43. The largest absolute Gasteiger partial charge is 0.492 e. The number of hydrogen-bond acceptors (Lipinski definition) is 4. The highest BCUT2D eigenvalue weighted by Crippen LogP contribution is 2.34. The molecule has 0 aliphatic rings. The van der Waals surface area contributed by atoms with Gasteiger partial charge in [0.05, 0.1) is 28.0 Å². The molecule has 21 heavy (non-hydrogen) atoms. The minimum absolute atomic E-state index is 0.209. The van der Waals surface area contributed by atoms with E-state index in [4.69, 9.17) is 9.15 Å². The van der Waals surface area contributed by atoms with Gasteiger partial charge in [0.25, 0.3) is 0 Å². The Kier molecular flexibility index (Phi) is 5.58. The lowest BCUT2D eigenvalue weighted by Crippen LogP contribution is -2.16. The van der Waals surface area contributed by atoms with E-state index in [9.17, 15) is 4.79 Å². The molecular formula is C14H12Br2N2O3. The highest BCUT2D eigenvalue weighted by molar-refractivity contribution is 9.11. The number of carbonyl (C=O) groups is 1. The highest BCUT2D eigenvalue weighted by atomic mass is 79.9. The van der Waals surface area contributed by atoms with Crippen molar-refractivity contribution >= 4 is 44.0 Å². The van der Waals surface area contributed by atoms with Gasteiger partial charge >= 0.3 is 5.91 Å². The summed E-state index contributed by atoms with van der Waals surface area (Å²) in [5.41, 5.74) is 3.19. The summed E-state index contributed by atoms with van der Waals surface area (Å²) in [6.07, 6.45) is 2.96. The summed E-state index contributed by atoms with van der Waals surface area (Å²) in [6, 6.07) is 6.89. The summed E-state index contributed by atoms with van der Waals surface area (Å²) >= 11 is 6.86. The van der Waals surface area contributed by atoms with Gasteiger partial charge in [-0.15, -0.1) is 0 Å². The molecule has 0 bridgehead atoms. The lowest BCUT2D eigenvalue weighted by Gasteiger charge is -2.09. The molecule has 7 heteroatoms. The molecule has 5 nitrogen and oxygen atoms in total. The molecule has 0 saturated carbocycles. The van der Waals surface area contributed by atoms with Gasteiger partial charge in [-0.3, -0.25) is 4.79 Å². The summed E-state index contributed by atoms with van der Waals surface area (Å²) in [7, 11) is 0. The number of ether oxygens (including phenoxy) is 1. The van der Waals surface area contributed by atoms with E-state index in [1.807, 2.05) is 19.1 Å². The molecular weight excluding hydrogens is 404 g/mol. The molecule has 2 aromatic rings. The van der Waals surface area contributed by atoms with E-state index in [1.54, 1.807) is 12.1 Å². The Labute approximate surface area is 138 Å². The van der Waals surface area contributed by atoms with Crippen LogP contribution in [0.1, 0.15) is 23.0 Å². The molecule has 2 rings (SSSR count). The second-order valence-corrected chi connectivity index (χ2v) is 5.63. The average molecular weight is 416 g/mol. The zero-order chi connectivity index (χ0) is 15.2. The smallest absolute Gasteiger partial charge is 0.307 e. The minimum Gasteiger partial charge on any atom is -0.492 e. The molecule has 1 aromatic heterocycles. The highest BCUT2D eigenvalue weighted by Gasteiger charge is 2.08. The fraction of sp³-hybridized carbons (Fsp3) is 0.143. The quantitative estimate of drug-likeness (QED) is 0.593. The minimum atomic E-state index is -0.402. The Balaban J connectivity index is 2.06. The number of nitrogens with zero attached hydrogens (tertiary/aromatic N) is 1. The van der Waals surface area contributed by atoms with Crippen LogP contribution in [0.25, 0.3) is 0 Å². The predicted octanol–water partition coefficient (Wildman–Crippen LogP) is 3.97. The first kappa shape index (κ1) is 15.8. The Morgan fingerprint density at radius 3 is 2.71 bits per heavy atom. The molecule has 0 radical (unpaired) electrons. The molecule has 110 valence electrons. The molecule has 1 aromatic carbocycles. The van der Waals surface area contributed by atoms with Crippen LogP contribution in [-0.4, -0.2) is 18.7 Å². The Morgan fingerprint density at radius 1 is 1.43 bits per heavy atom. The Bertz CT molecular complexity index is 631. The van der Waals surface area contributed by atoms with Crippen LogP contribution >= 0.6 is 31.9 Å². The van der Waals surface area contributed by atoms with Gasteiger partial charge < -0.3 is 9.15 Å². The molecule has 0 fully saturated rings. The predicted molar refractivity (Wildman–Crippen MR) is 86.8 cm³/mol. The first-order chi connectivity index (χ1) is 10.1. The van der Waals surface area contributed by atoms with Crippen molar-refractivity contribution in [1.82, 2.24) is 5.43 Å². The maximum Gasteiger partial charge on any atom is 0.307 e. The fourth-order valence-corrected chi connectivity index (χ4v) is 3.02. The van der Waals surface area contributed by atoms with E-state index >= 15 is 0 Å². The number of furan rings is 1. The van der Waals surface area contributed by atoms with Crippen molar-refractivity contribution < 1.29 is 13.9 Å². The molecule has 1 amide bonds. The molecule has 0 atom stereocenters. The molecule has 1 heterocycles. The Hall–Kier alpha value is -1.60. The third kappa shape index (κ3) is 4.18. The van der Waals surface area contributed by atoms with Crippen LogP contribution in [0.5, 0.6) is 5.75 Å². The van der Waals surface area contributed by atoms with Gasteiger partial charge in [-0.25, -0.2) is 5.43 Å². The maximum atomic E-state index is 11.6. The van der Waals surface area contributed by atoms with Gasteiger partial charge in [0, 0.05) is 0 Å². The van der Waals surface area contributed by atoms with Gasteiger partial charge in [-0.2, -0.15) is 5.10 Å². The molecule has 0 spiro atoms. The number of rotatable bonds is 5. The van der Waals surface area contributed by atoms with Gasteiger partial charge in [-0.05, 0) is 68.6 Å². The molecule has 0 unspecified atom stereocenters. The second kappa shape index (κ2) is 7.42. The SMILES string of the molecule is CCOc1c(Br)cc(/C=N/NC(=O)c2ccco2)cc1Br. The maximum absolute atomic E-state index is 11.6. The summed E-state index contributed by atoms with van der Waals surface area (Å²) in [5.74, 6) is 0.538. The normalized spacial score (nSPS) is 10.8. The van der Waals surface area contributed by atoms with E-state index in [0.29, 0.717) is 6.61 Å². The monoisotopic (exact) mass is 414 g/mol. The van der Waals surface area contributed by atoms with E-state index < -0.39 is 5.91 Å². The van der Waals surface area contributed by atoms with Crippen LogP contribution in [0.15, 0.2) is 49.0 Å². The third-order valence-corrected chi connectivity index (χ3v) is 3.61. The number of benzene rings is 1. The molecule has 0 aliphatic heterocycles. The van der Waals surface area contributed by atoms with Gasteiger partial charge in [0.1, 0.15) is 5.75 Å². The van der Waals surface area contributed by atoms with E-state index in [0.717, 1.165) is 20.3 Å². The average Bonchev–Trinajstić information content (AvgIpc) is 2.97. The number of hydrazone groups is 1. The van der Waals surface area contributed by atoms with Crippen molar-refractivity contribution in [2.24, 2.45) is 5.10 Å². The number of halogens is 2. The summed E-state index contributed by atoms with van der Waals surface area (Å²) < 4.78 is 12.1. The van der Waals surface area contributed by atoms with Gasteiger partial charge in [-0.1, -0.05) is 0 Å².